The van der Waals surface area contributed by atoms with Crippen LogP contribution in [0.4, 0.5) is 0 Å². The SMILES string of the molecule is CCCN1C(=O)C(=Cc2cc(OC)c(OCc3ccc(C)cc3)cc2Br)NC1=S. The highest BCUT2D eigenvalue weighted by Gasteiger charge is 2.30. The van der Waals surface area contributed by atoms with E-state index in [0.29, 0.717) is 35.5 Å². The largest absolute Gasteiger partial charge is 0.493 e. The summed E-state index contributed by atoms with van der Waals surface area (Å²) in [4.78, 5) is 14.1. The molecule has 0 bridgehead atoms. The number of nitrogens with one attached hydrogen (secondary N) is 1. The van der Waals surface area contributed by atoms with E-state index in [2.05, 4.69) is 40.3 Å². The van der Waals surface area contributed by atoms with Crippen LogP contribution in [0.3, 0.4) is 0 Å². The minimum atomic E-state index is -0.123. The molecular weight excluding hydrogens is 452 g/mol. The normalized spacial score (nSPS) is 15.0. The molecule has 1 aliphatic rings. The molecule has 0 saturated carbocycles. The van der Waals surface area contributed by atoms with Crippen molar-refractivity contribution in [3.63, 3.8) is 0 Å². The van der Waals surface area contributed by atoms with Crippen molar-refractivity contribution in [2.75, 3.05) is 13.7 Å². The standard InChI is InChI=1S/C22H23BrN2O3S/c1-4-9-25-21(26)18(24-22(25)29)10-16-11-19(27-3)20(12-17(16)23)28-13-15-7-5-14(2)6-8-15/h5-8,10-12H,4,9,13H2,1-3H3,(H,24,29). The fourth-order valence-corrected chi connectivity index (χ4v) is 3.65. The molecule has 0 atom stereocenters. The van der Waals surface area contributed by atoms with E-state index in [0.717, 1.165) is 22.0 Å². The van der Waals surface area contributed by atoms with E-state index in [-0.39, 0.29) is 5.91 Å². The second-order valence-electron chi connectivity index (χ2n) is 6.74. The van der Waals surface area contributed by atoms with E-state index in [9.17, 15) is 4.79 Å². The molecule has 2 aromatic rings. The van der Waals surface area contributed by atoms with Gasteiger partial charge in [0.1, 0.15) is 12.3 Å². The van der Waals surface area contributed by atoms with Crippen LogP contribution in [0.25, 0.3) is 6.08 Å². The van der Waals surface area contributed by atoms with E-state index in [1.54, 1.807) is 18.1 Å². The molecule has 1 N–H and O–H groups in total. The Labute approximate surface area is 184 Å². The smallest absolute Gasteiger partial charge is 0.276 e. The predicted octanol–water partition coefficient (Wildman–Crippen LogP) is 4.81. The van der Waals surface area contributed by atoms with Crippen molar-refractivity contribution in [3.05, 3.63) is 63.3 Å². The second-order valence-corrected chi connectivity index (χ2v) is 7.98. The van der Waals surface area contributed by atoms with Crippen LogP contribution in [-0.2, 0) is 11.4 Å². The van der Waals surface area contributed by atoms with Gasteiger partial charge in [-0.25, -0.2) is 0 Å². The summed E-state index contributed by atoms with van der Waals surface area (Å²) in [6.45, 7) is 5.09. The van der Waals surface area contributed by atoms with Crippen molar-refractivity contribution in [2.45, 2.75) is 26.9 Å². The summed E-state index contributed by atoms with van der Waals surface area (Å²) < 4.78 is 12.3. The van der Waals surface area contributed by atoms with Gasteiger partial charge in [0.15, 0.2) is 16.6 Å². The second kappa shape index (κ2) is 9.41. The van der Waals surface area contributed by atoms with Crippen molar-refractivity contribution >= 4 is 45.2 Å². The van der Waals surface area contributed by atoms with Crippen molar-refractivity contribution < 1.29 is 14.3 Å². The van der Waals surface area contributed by atoms with Crippen LogP contribution in [-0.4, -0.2) is 29.6 Å². The molecule has 5 nitrogen and oxygen atoms in total. The first kappa shape index (κ1) is 21.3. The quantitative estimate of drug-likeness (QED) is 0.460. The van der Waals surface area contributed by atoms with Gasteiger partial charge in [-0.1, -0.05) is 52.7 Å². The van der Waals surface area contributed by atoms with E-state index < -0.39 is 0 Å². The molecule has 0 radical (unpaired) electrons. The molecule has 29 heavy (non-hydrogen) atoms. The summed E-state index contributed by atoms with van der Waals surface area (Å²) in [6.07, 6.45) is 2.60. The molecule has 3 rings (SSSR count). The summed E-state index contributed by atoms with van der Waals surface area (Å²) in [6, 6.07) is 11.9. The highest BCUT2D eigenvalue weighted by molar-refractivity contribution is 9.10. The molecule has 0 unspecified atom stereocenters. The lowest BCUT2D eigenvalue weighted by Gasteiger charge is -2.13. The Morgan fingerprint density at radius 1 is 1.21 bits per heavy atom. The molecule has 0 spiro atoms. The number of carbonyl (C=O) groups is 1. The first-order valence-corrected chi connectivity index (χ1v) is 10.5. The first-order valence-electron chi connectivity index (χ1n) is 9.33. The van der Waals surface area contributed by atoms with Crippen LogP contribution in [0.1, 0.15) is 30.0 Å². The number of carbonyl (C=O) groups excluding carboxylic acids is 1. The lowest BCUT2D eigenvalue weighted by Crippen LogP contribution is -2.31. The van der Waals surface area contributed by atoms with Crippen LogP contribution in [0, 0.1) is 6.92 Å². The van der Waals surface area contributed by atoms with Gasteiger partial charge in [-0.05, 0) is 54.9 Å². The molecule has 7 heteroatoms. The van der Waals surface area contributed by atoms with E-state index in [1.807, 2.05) is 31.2 Å². The number of benzene rings is 2. The van der Waals surface area contributed by atoms with Crippen LogP contribution in [0.2, 0.25) is 0 Å². The number of methoxy groups -OCH3 is 1. The zero-order valence-corrected chi connectivity index (χ0v) is 19.0. The van der Waals surface area contributed by atoms with Crippen LogP contribution in [0.15, 0.2) is 46.6 Å². The number of nitrogens with zero attached hydrogens (tertiary/aromatic N) is 1. The highest BCUT2D eigenvalue weighted by Crippen LogP contribution is 2.35. The van der Waals surface area contributed by atoms with Crippen LogP contribution in [0.5, 0.6) is 11.5 Å². The Bertz CT molecular complexity index is 957. The summed E-state index contributed by atoms with van der Waals surface area (Å²) in [7, 11) is 1.59. The molecule has 1 heterocycles. The van der Waals surface area contributed by atoms with Crippen molar-refractivity contribution in [1.29, 1.82) is 0 Å². The average molecular weight is 475 g/mol. The lowest BCUT2D eigenvalue weighted by molar-refractivity contribution is -0.122. The predicted molar refractivity (Wildman–Crippen MR) is 122 cm³/mol. The Morgan fingerprint density at radius 2 is 1.93 bits per heavy atom. The maximum Gasteiger partial charge on any atom is 0.276 e. The number of rotatable bonds is 7. The fraction of sp³-hybridized carbons (Fsp3) is 0.273. The topological polar surface area (TPSA) is 50.8 Å². The van der Waals surface area contributed by atoms with Crippen molar-refractivity contribution in [2.24, 2.45) is 0 Å². The molecule has 1 aliphatic heterocycles. The monoisotopic (exact) mass is 474 g/mol. The minimum Gasteiger partial charge on any atom is -0.493 e. The third-order valence-corrected chi connectivity index (χ3v) is 5.52. The lowest BCUT2D eigenvalue weighted by atomic mass is 10.1. The van der Waals surface area contributed by atoms with Gasteiger partial charge in [-0.3, -0.25) is 9.69 Å². The van der Waals surface area contributed by atoms with E-state index in [1.165, 1.54) is 5.56 Å². The van der Waals surface area contributed by atoms with Crippen molar-refractivity contribution in [3.8, 4) is 11.5 Å². The van der Waals surface area contributed by atoms with Crippen molar-refractivity contribution in [1.82, 2.24) is 10.2 Å². The average Bonchev–Trinajstić information content (AvgIpc) is 2.97. The van der Waals surface area contributed by atoms with E-state index >= 15 is 0 Å². The number of hydrogen-bond acceptors (Lipinski definition) is 4. The Morgan fingerprint density at radius 3 is 2.59 bits per heavy atom. The van der Waals surface area contributed by atoms with Gasteiger partial charge >= 0.3 is 0 Å². The number of thiocarbonyl (C=S) groups is 1. The third kappa shape index (κ3) is 4.97. The summed E-state index contributed by atoms with van der Waals surface area (Å²) in [5.74, 6) is 1.09. The van der Waals surface area contributed by atoms with Gasteiger partial charge in [0.25, 0.3) is 5.91 Å². The number of amides is 1. The Hall–Kier alpha value is -2.38. The summed E-state index contributed by atoms with van der Waals surface area (Å²) in [5, 5.41) is 3.43. The summed E-state index contributed by atoms with van der Waals surface area (Å²) >= 11 is 8.83. The molecule has 2 aromatic carbocycles. The fourth-order valence-electron chi connectivity index (χ4n) is 2.93. The number of hydrogen-bond donors (Lipinski definition) is 1. The van der Waals surface area contributed by atoms with Gasteiger partial charge < -0.3 is 14.8 Å². The highest BCUT2D eigenvalue weighted by atomic mass is 79.9. The zero-order valence-electron chi connectivity index (χ0n) is 16.6. The maximum absolute atomic E-state index is 12.6. The van der Waals surface area contributed by atoms with Gasteiger partial charge in [-0.2, -0.15) is 0 Å². The molecule has 1 fully saturated rings. The molecule has 152 valence electrons. The van der Waals surface area contributed by atoms with E-state index in [4.69, 9.17) is 21.7 Å². The maximum atomic E-state index is 12.6. The van der Waals surface area contributed by atoms with Gasteiger partial charge in [0.2, 0.25) is 0 Å². The zero-order chi connectivity index (χ0) is 21.0. The number of ether oxygens (including phenoxy) is 2. The number of aryl methyl sites for hydroxylation is 1. The Kier molecular flexibility index (Phi) is 6.92. The van der Waals surface area contributed by atoms with Crippen LogP contribution < -0.4 is 14.8 Å². The molecule has 1 saturated heterocycles. The Balaban J connectivity index is 1.82. The molecule has 0 aromatic heterocycles. The third-order valence-electron chi connectivity index (χ3n) is 4.51. The van der Waals surface area contributed by atoms with Gasteiger partial charge in [-0.15, -0.1) is 0 Å². The molecule has 0 aliphatic carbocycles. The minimum absolute atomic E-state index is 0.123. The summed E-state index contributed by atoms with van der Waals surface area (Å²) in [5.41, 5.74) is 3.52. The van der Waals surface area contributed by atoms with Crippen LogP contribution >= 0.6 is 28.1 Å². The molecular formula is C22H23BrN2O3S. The molecule has 1 amide bonds. The first-order chi connectivity index (χ1) is 13.9. The van der Waals surface area contributed by atoms with Gasteiger partial charge in [0, 0.05) is 11.0 Å². The van der Waals surface area contributed by atoms with Gasteiger partial charge in [0.05, 0.1) is 7.11 Å². The number of halogens is 1.